The number of nitro benzene ring substituents is 1. The molecule has 1 N–H and O–H groups in total. The fourth-order valence-electron chi connectivity index (χ4n) is 1.04. The number of non-ortho nitro benzene ring substituents is 1. The van der Waals surface area contributed by atoms with Crippen LogP contribution in [0.3, 0.4) is 0 Å². The monoisotopic (exact) mass is 282 g/mol. The maximum Gasteiger partial charge on any atom is 0.271 e. The van der Waals surface area contributed by atoms with Gasteiger partial charge in [-0.1, -0.05) is 21.9 Å². The number of carbonyl (C=O) groups is 1. The van der Waals surface area contributed by atoms with E-state index in [1.165, 1.54) is 18.2 Å². The van der Waals surface area contributed by atoms with Gasteiger partial charge in [-0.15, -0.1) is 6.42 Å². The Morgan fingerprint density at radius 2 is 2.25 bits per heavy atom. The lowest BCUT2D eigenvalue weighted by Gasteiger charge is -2.02. The second-order valence-corrected chi connectivity index (χ2v) is 3.76. The Morgan fingerprint density at radius 1 is 1.56 bits per heavy atom. The zero-order valence-electron chi connectivity index (χ0n) is 8.07. The minimum atomic E-state index is -0.567. The Hall–Kier alpha value is -1.87. The summed E-state index contributed by atoms with van der Waals surface area (Å²) < 4.78 is 0.465. The van der Waals surface area contributed by atoms with Crippen LogP contribution >= 0.6 is 15.9 Å². The lowest BCUT2D eigenvalue weighted by atomic mass is 10.2. The van der Waals surface area contributed by atoms with Crippen LogP contribution in [-0.2, 0) is 0 Å². The zero-order chi connectivity index (χ0) is 12.1. The molecule has 1 amide bonds. The van der Waals surface area contributed by atoms with Gasteiger partial charge in [-0.2, -0.15) is 0 Å². The number of hydrogen-bond donors (Lipinski definition) is 1. The van der Waals surface area contributed by atoms with Gasteiger partial charge in [0, 0.05) is 22.2 Å². The standard InChI is InChI=1S/C10H7BrN2O3/c1-2-3-12-10(14)7-4-8(11)6-9(5-7)13(15)16/h1,4-6H,3H2,(H,12,14). The average molecular weight is 283 g/mol. The summed E-state index contributed by atoms with van der Waals surface area (Å²) in [6.45, 7) is 0.0825. The lowest BCUT2D eigenvalue weighted by molar-refractivity contribution is -0.385. The van der Waals surface area contributed by atoms with E-state index in [2.05, 4.69) is 27.2 Å². The van der Waals surface area contributed by atoms with Gasteiger partial charge in [0.25, 0.3) is 11.6 Å². The largest absolute Gasteiger partial charge is 0.341 e. The van der Waals surface area contributed by atoms with E-state index in [1.807, 2.05) is 0 Å². The van der Waals surface area contributed by atoms with Crippen molar-refractivity contribution in [3.05, 3.63) is 38.3 Å². The van der Waals surface area contributed by atoms with Gasteiger partial charge in [-0.05, 0) is 6.07 Å². The Balaban J connectivity index is 3.01. The average Bonchev–Trinajstić information content (AvgIpc) is 2.24. The number of hydrogen-bond acceptors (Lipinski definition) is 3. The minimum Gasteiger partial charge on any atom is -0.341 e. The first-order valence-corrected chi connectivity index (χ1v) is 5.00. The third kappa shape index (κ3) is 3.07. The molecule has 1 rings (SSSR count). The van der Waals surface area contributed by atoms with Crippen molar-refractivity contribution < 1.29 is 9.72 Å². The first-order chi connectivity index (χ1) is 7.54. The van der Waals surface area contributed by atoms with Crippen LogP contribution in [-0.4, -0.2) is 17.4 Å². The Labute approximate surface area is 100 Å². The van der Waals surface area contributed by atoms with Crippen LogP contribution in [0.1, 0.15) is 10.4 Å². The molecule has 0 aromatic heterocycles. The summed E-state index contributed by atoms with van der Waals surface area (Å²) in [5, 5.41) is 13.0. The predicted octanol–water partition coefficient (Wildman–Crippen LogP) is 1.72. The van der Waals surface area contributed by atoms with Gasteiger partial charge in [0.05, 0.1) is 11.5 Å². The van der Waals surface area contributed by atoms with Crippen molar-refractivity contribution in [1.82, 2.24) is 5.32 Å². The van der Waals surface area contributed by atoms with E-state index < -0.39 is 10.8 Å². The van der Waals surface area contributed by atoms with Gasteiger partial charge >= 0.3 is 0 Å². The van der Waals surface area contributed by atoms with Gasteiger partial charge in [0.15, 0.2) is 0 Å². The molecule has 0 aliphatic heterocycles. The Morgan fingerprint density at radius 3 is 2.81 bits per heavy atom. The van der Waals surface area contributed by atoms with Crippen LogP contribution in [0.15, 0.2) is 22.7 Å². The van der Waals surface area contributed by atoms with Crippen LogP contribution < -0.4 is 5.32 Å². The molecule has 5 nitrogen and oxygen atoms in total. The molecule has 0 fully saturated rings. The molecule has 1 aromatic rings. The molecule has 0 unspecified atom stereocenters. The summed E-state index contributed by atoms with van der Waals surface area (Å²) >= 11 is 3.09. The number of terminal acetylenes is 1. The molecule has 0 bridgehead atoms. The van der Waals surface area contributed by atoms with Gasteiger partial charge in [-0.3, -0.25) is 14.9 Å². The third-order valence-electron chi connectivity index (χ3n) is 1.71. The van der Waals surface area contributed by atoms with Gasteiger partial charge < -0.3 is 5.32 Å². The summed E-state index contributed by atoms with van der Waals surface area (Å²) in [4.78, 5) is 21.5. The van der Waals surface area contributed by atoms with E-state index in [1.54, 1.807) is 0 Å². The number of carbonyl (C=O) groups excluding carboxylic acids is 1. The molecular formula is C10H7BrN2O3. The third-order valence-corrected chi connectivity index (χ3v) is 2.16. The molecule has 0 radical (unpaired) electrons. The van der Waals surface area contributed by atoms with E-state index in [4.69, 9.17) is 6.42 Å². The molecular weight excluding hydrogens is 276 g/mol. The predicted molar refractivity (Wildman–Crippen MR) is 62.0 cm³/mol. The SMILES string of the molecule is C#CCNC(=O)c1cc(Br)cc([N+](=O)[O-])c1. The van der Waals surface area contributed by atoms with Crippen molar-refractivity contribution in [2.45, 2.75) is 0 Å². The molecule has 0 atom stereocenters. The van der Waals surface area contributed by atoms with E-state index in [-0.39, 0.29) is 17.8 Å². The van der Waals surface area contributed by atoms with Crippen LogP contribution in [0.2, 0.25) is 0 Å². The maximum absolute atomic E-state index is 11.5. The first kappa shape index (κ1) is 12.2. The topological polar surface area (TPSA) is 72.2 Å². The summed E-state index contributed by atoms with van der Waals surface area (Å²) in [7, 11) is 0. The molecule has 0 heterocycles. The highest BCUT2D eigenvalue weighted by molar-refractivity contribution is 9.10. The molecule has 0 aliphatic rings. The number of nitro groups is 1. The van der Waals surface area contributed by atoms with Crippen molar-refractivity contribution in [3.63, 3.8) is 0 Å². The van der Waals surface area contributed by atoms with Crippen LogP contribution in [0.5, 0.6) is 0 Å². The lowest BCUT2D eigenvalue weighted by Crippen LogP contribution is -2.23. The smallest absolute Gasteiger partial charge is 0.271 e. The number of nitrogens with one attached hydrogen (secondary N) is 1. The normalized spacial score (nSPS) is 9.25. The van der Waals surface area contributed by atoms with Gasteiger partial charge in [-0.25, -0.2) is 0 Å². The van der Waals surface area contributed by atoms with Crippen molar-refractivity contribution in [3.8, 4) is 12.3 Å². The summed E-state index contributed by atoms with van der Waals surface area (Å²) in [5.41, 5.74) is 0.0385. The number of amides is 1. The van der Waals surface area contributed by atoms with Crippen LogP contribution in [0.4, 0.5) is 5.69 Å². The molecule has 0 saturated carbocycles. The molecule has 1 aromatic carbocycles. The Bertz CT molecular complexity index is 479. The maximum atomic E-state index is 11.5. The Kier molecular flexibility index (Phi) is 4.03. The second-order valence-electron chi connectivity index (χ2n) is 2.84. The zero-order valence-corrected chi connectivity index (χ0v) is 9.65. The summed E-state index contributed by atoms with van der Waals surface area (Å²) in [5.74, 6) is 1.80. The summed E-state index contributed by atoms with van der Waals surface area (Å²) in [6, 6.07) is 3.99. The van der Waals surface area contributed by atoms with E-state index in [0.717, 1.165) is 0 Å². The molecule has 82 valence electrons. The van der Waals surface area contributed by atoms with Crippen molar-refractivity contribution in [2.75, 3.05) is 6.54 Å². The molecule has 0 spiro atoms. The first-order valence-electron chi connectivity index (χ1n) is 4.21. The van der Waals surface area contributed by atoms with Crippen LogP contribution in [0.25, 0.3) is 0 Å². The van der Waals surface area contributed by atoms with E-state index in [9.17, 15) is 14.9 Å². The highest BCUT2D eigenvalue weighted by Gasteiger charge is 2.12. The minimum absolute atomic E-state index is 0.0825. The quantitative estimate of drug-likeness (QED) is 0.521. The molecule has 16 heavy (non-hydrogen) atoms. The fraction of sp³-hybridized carbons (Fsp3) is 0.100. The highest BCUT2D eigenvalue weighted by Crippen LogP contribution is 2.21. The fourth-order valence-corrected chi connectivity index (χ4v) is 1.53. The molecule has 0 aliphatic carbocycles. The molecule has 6 heteroatoms. The number of halogens is 1. The number of rotatable bonds is 3. The van der Waals surface area contributed by atoms with E-state index >= 15 is 0 Å². The van der Waals surface area contributed by atoms with Crippen LogP contribution in [0, 0.1) is 22.5 Å². The summed E-state index contributed by atoms with van der Waals surface area (Å²) in [6.07, 6.45) is 4.98. The number of benzene rings is 1. The van der Waals surface area contributed by atoms with E-state index in [0.29, 0.717) is 4.47 Å². The van der Waals surface area contributed by atoms with Gasteiger partial charge in [0.1, 0.15) is 0 Å². The van der Waals surface area contributed by atoms with Crippen molar-refractivity contribution in [1.29, 1.82) is 0 Å². The second kappa shape index (κ2) is 5.28. The van der Waals surface area contributed by atoms with Crippen molar-refractivity contribution in [2.24, 2.45) is 0 Å². The number of nitrogens with zero attached hydrogens (tertiary/aromatic N) is 1. The van der Waals surface area contributed by atoms with Gasteiger partial charge in [0.2, 0.25) is 0 Å². The van der Waals surface area contributed by atoms with Crippen molar-refractivity contribution >= 4 is 27.5 Å². The molecule has 0 saturated heterocycles. The highest BCUT2D eigenvalue weighted by atomic mass is 79.9.